The predicted octanol–water partition coefficient (Wildman–Crippen LogP) is 3.42. The molecule has 2 nitrogen and oxygen atoms in total. The molecule has 0 radical (unpaired) electrons. The quantitative estimate of drug-likeness (QED) is 0.912. The minimum absolute atomic E-state index is 0.620. The van der Waals surface area contributed by atoms with E-state index < -0.39 is 0 Å². The molecule has 1 N–H and O–H groups in total. The molecule has 1 aliphatic rings. The zero-order valence-corrected chi connectivity index (χ0v) is 12.3. The number of nitrogens with one attached hydrogen (secondary N) is 1. The van der Waals surface area contributed by atoms with Crippen molar-refractivity contribution in [2.75, 3.05) is 26.7 Å². The summed E-state index contributed by atoms with van der Waals surface area (Å²) in [4.78, 5) is 2.41. The number of piperidine rings is 1. The predicted molar refractivity (Wildman–Crippen MR) is 78.4 cm³/mol. The minimum atomic E-state index is 0.620. The van der Waals surface area contributed by atoms with Crippen LogP contribution in [-0.4, -0.2) is 31.6 Å². The zero-order valence-electron chi connectivity index (χ0n) is 10.8. The summed E-state index contributed by atoms with van der Waals surface area (Å²) in [5.74, 6) is 0.770. The Morgan fingerprint density at radius 3 is 2.89 bits per heavy atom. The van der Waals surface area contributed by atoms with E-state index in [1.807, 2.05) is 18.2 Å². The third-order valence-corrected chi connectivity index (χ3v) is 4.21. The third-order valence-electron chi connectivity index (χ3n) is 3.47. The Labute approximate surface area is 119 Å². The van der Waals surface area contributed by atoms with Crippen molar-refractivity contribution in [2.24, 2.45) is 5.92 Å². The van der Waals surface area contributed by atoms with E-state index in [1.165, 1.54) is 31.5 Å². The minimum Gasteiger partial charge on any atom is -0.312 e. The van der Waals surface area contributed by atoms with Gasteiger partial charge in [-0.15, -0.1) is 0 Å². The lowest BCUT2D eigenvalue weighted by atomic mass is 9.98. The molecule has 0 spiro atoms. The van der Waals surface area contributed by atoms with Gasteiger partial charge >= 0.3 is 0 Å². The van der Waals surface area contributed by atoms with Crippen molar-refractivity contribution in [3.8, 4) is 0 Å². The molecule has 0 saturated carbocycles. The summed E-state index contributed by atoms with van der Waals surface area (Å²) in [5, 5.41) is 4.76. The van der Waals surface area contributed by atoms with Gasteiger partial charge < -0.3 is 10.2 Å². The van der Waals surface area contributed by atoms with Crippen LogP contribution < -0.4 is 5.32 Å². The lowest BCUT2D eigenvalue weighted by Gasteiger charge is -2.29. The Balaban J connectivity index is 1.76. The largest absolute Gasteiger partial charge is 0.312 e. The fourth-order valence-electron chi connectivity index (χ4n) is 2.51. The molecule has 1 saturated heterocycles. The van der Waals surface area contributed by atoms with Gasteiger partial charge in [-0.05, 0) is 56.6 Å². The molecule has 1 heterocycles. The molecule has 1 aromatic rings. The van der Waals surface area contributed by atoms with E-state index >= 15 is 0 Å². The molecule has 1 aliphatic heterocycles. The SMILES string of the molecule is CN1CCCC(CNCc2ccc(Cl)c(Cl)c2)C1. The first-order valence-corrected chi connectivity index (χ1v) is 7.24. The van der Waals surface area contributed by atoms with Gasteiger partial charge in [-0.3, -0.25) is 0 Å². The Hall–Kier alpha value is -0.280. The van der Waals surface area contributed by atoms with Crippen molar-refractivity contribution in [1.29, 1.82) is 0 Å². The number of rotatable bonds is 4. The van der Waals surface area contributed by atoms with E-state index in [0.717, 1.165) is 19.0 Å². The lowest BCUT2D eigenvalue weighted by molar-refractivity contribution is 0.206. The zero-order chi connectivity index (χ0) is 13.0. The molecule has 4 heteroatoms. The maximum absolute atomic E-state index is 5.99. The highest BCUT2D eigenvalue weighted by Gasteiger charge is 2.16. The standard InChI is InChI=1S/C14H20Cl2N2/c1-18-6-2-3-12(10-18)9-17-8-11-4-5-13(15)14(16)7-11/h4-5,7,12,17H,2-3,6,8-10H2,1H3. The van der Waals surface area contributed by atoms with E-state index in [9.17, 15) is 0 Å². The van der Waals surface area contributed by atoms with Crippen LogP contribution in [0.4, 0.5) is 0 Å². The van der Waals surface area contributed by atoms with Gasteiger partial charge in [0, 0.05) is 13.1 Å². The van der Waals surface area contributed by atoms with Crippen molar-refractivity contribution in [2.45, 2.75) is 19.4 Å². The van der Waals surface area contributed by atoms with Gasteiger partial charge in [0.2, 0.25) is 0 Å². The van der Waals surface area contributed by atoms with E-state index in [-0.39, 0.29) is 0 Å². The van der Waals surface area contributed by atoms with E-state index in [1.54, 1.807) is 0 Å². The van der Waals surface area contributed by atoms with Gasteiger partial charge in [0.1, 0.15) is 0 Å². The number of hydrogen-bond acceptors (Lipinski definition) is 2. The summed E-state index contributed by atoms with van der Waals surface area (Å²) in [5.41, 5.74) is 1.19. The van der Waals surface area contributed by atoms with Gasteiger partial charge in [0.15, 0.2) is 0 Å². The first kappa shape index (κ1) is 14.1. The topological polar surface area (TPSA) is 15.3 Å². The molecule has 1 unspecified atom stereocenters. The molecular formula is C14H20Cl2N2. The van der Waals surface area contributed by atoms with Gasteiger partial charge in [0.25, 0.3) is 0 Å². The Morgan fingerprint density at radius 1 is 1.33 bits per heavy atom. The van der Waals surface area contributed by atoms with Gasteiger partial charge in [-0.1, -0.05) is 29.3 Å². The monoisotopic (exact) mass is 286 g/mol. The summed E-state index contributed by atoms with van der Waals surface area (Å²) >= 11 is 11.9. The summed E-state index contributed by atoms with van der Waals surface area (Å²) in [6, 6.07) is 5.81. The molecule has 1 aromatic carbocycles. The molecule has 0 aromatic heterocycles. The highest BCUT2D eigenvalue weighted by atomic mass is 35.5. The maximum Gasteiger partial charge on any atom is 0.0595 e. The molecule has 0 amide bonds. The fourth-order valence-corrected chi connectivity index (χ4v) is 2.83. The van der Waals surface area contributed by atoms with Crippen molar-refractivity contribution in [3.63, 3.8) is 0 Å². The molecular weight excluding hydrogens is 267 g/mol. The Morgan fingerprint density at radius 2 is 2.17 bits per heavy atom. The van der Waals surface area contributed by atoms with Gasteiger partial charge in [-0.25, -0.2) is 0 Å². The second-order valence-corrected chi connectivity index (χ2v) is 5.96. The van der Waals surface area contributed by atoms with Crippen LogP contribution in [0.25, 0.3) is 0 Å². The summed E-state index contributed by atoms with van der Waals surface area (Å²) in [6.07, 6.45) is 2.65. The normalized spacial score (nSPS) is 21.2. The van der Waals surface area contributed by atoms with Crippen molar-refractivity contribution in [1.82, 2.24) is 10.2 Å². The first-order valence-electron chi connectivity index (χ1n) is 6.48. The lowest BCUT2D eigenvalue weighted by Crippen LogP contribution is -2.37. The number of hydrogen-bond donors (Lipinski definition) is 1. The fraction of sp³-hybridized carbons (Fsp3) is 0.571. The Bertz CT molecular complexity index is 395. The van der Waals surface area contributed by atoms with E-state index in [4.69, 9.17) is 23.2 Å². The van der Waals surface area contributed by atoms with Crippen LogP contribution in [0.15, 0.2) is 18.2 Å². The third kappa shape index (κ3) is 4.13. The highest BCUT2D eigenvalue weighted by Crippen LogP contribution is 2.22. The van der Waals surface area contributed by atoms with E-state index in [0.29, 0.717) is 10.0 Å². The number of nitrogens with zero attached hydrogens (tertiary/aromatic N) is 1. The molecule has 1 atom stereocenters. The molecule has 18 heavy (non-hydrogen) atoms. The first-order chi connectivity index (χ1) is 8.65. The second-order valence-electron chi connectivity index (χ2n) is 5.15. The molecule has 2 rings (SSSR count). The van der Waals surface area contributed by atoms with Gasteiger partial charge in [0.05, 0.1) is 10.0 Å². The average molecular weight is 287 g/mol. The molecule has 1 fully saturated rings. The molecule has 100 valence electrons. The summed E-state index contributed by atoms with van der Waals surface area (Å²) < 4.78 is 0. The maximum atomic E-state index is 5.99. The molecule has 0 aliphatic carbocycles. The highest BCUT2D eigenvalue weighted by molar-refractivity contribution is 6.42. The van der Waals surface area contributed by atoms with Gasteiger partial charge in [-0.2, -0.15) is 0 Å². The summed E-state index contributed by atoms with van der Waals surface area (Å²) in [7, 11) is 2.20. The second kappa shape index (κ2) is 6.76. The summed E-state index contributed by atoms with van der Waals surface area (Å²) in [6.45, 7) is 4.37. The van der Waals surface area contributed by atoms with Crippen LogP contribution in [0.5, 0.6) is 0 Å². The average Bonchev–Trinajstić information content (AvgIpc) is 2.34. The number of halogens is 2. The van der Waals surface area contributed by atoms with E-state index in [2.05, 4.69) is 17.3 Å². The van der Waals surface area contributed by atoms with Crippen LogP contribution >= 0.6 is 23.2 Å². The Kier molecular flexibility index (Phi) is 5.31. The number of likely N-dealkylation sites (tertiary alicyclic amines) is 1. The van der Waals surface area contributed by atoms with Crippen LogP contribution in [0, 0.1) is 5.92 Å². The smallest absolute Gasteiger partial charge is 0.0595 e. The van der Waals surface area contributed by atoms with Crippen molar-refractivity contribution in [3.05, 3.63) is 33.8 Å². The van der Waals surface area contributed by atoms with Crippen LogP contribution in [0.3, 0.4) is 0 Å². The van der Waals surface area contributed by atoms with Crippen molar-refractivity contribution < 1.29 is 0 Å². The number of benzene rings is 1. The molecule has 0 bridgehead atoms. The van der Waals surface area contributed by atoms with Crippen LogP contribution in [0.2, 0.25) is 10.0 Å². The van der Waals surface area contributed by atoms with Crippen LogP contribution in [-0.2, 0) is 6.54 Å². The van der Waals surface area contributed by atoms with Crippen LogP contribution in [0.1, 0.15) is 18.4 Å². The van der Waals surface area contributed by atoms with Crippen molar-refractivity contribution >= 4 is 23.2 Å².